The molecule has 15 heavy (non-hydrogen) atoms. The Kier molecular flexibility index (Phi) is 2.96. The van der Waals surface area contributed by atoms with E-state index in [0.29, 0.717) is 6.04 Å². The van der Waals surface area contributed by atoms with Gasteiger partial charge in [-0.2, -0.15) is 0 Å². The van der Waals surface area contributed by atoms with Gasteiger partial charge in [0.05, 0.1) is 0 Å². The summed E-state index contributed by atoms with van der Waals surface area (Å²) in [6.07, 6.45) is 2.47. The Morgan fingerprint density at radius 3 is 3.00 bits per heavy atom. The molecule has 0 saturated heterocycles. The molecule has 0 radical (unpaired) electrons. The second-order valence-corrected chi connectivity index (χ2v) is 4.49. The van der Waals surface area contributed by atoms with Crippen LogP contribution >= 0.6 is 0 Å². The molecule has 2 heteroatoms. The van der Waals surface area contributed by atoms with Crippen LogP contribution in [0, 0.1) is 6.92 Å². The summed E-state index contributed by atoms with van der Waals surface area (Å²) in [6, 6.07) is 7.43. The monoisotopic (exact) mass is 204 g/mol. The van der Waals surface area contributed by atoms with Crippen LogP contribution in [0.5, 0.6) is 0 Å². The maximum atomic E-state index is 3.27. The zero-order valence-electron chi connectivity index (χ0n) is 9.88. The topological polar surface area (TPSA) is 15.3 Å². The van der Waals surface area contributed by atoms with Gasteiger partial charge in [0.1, 0.15) is 0 Å². The number of anilines is 1. The number of hydrogen-bond acceptors (Lipinski definition) is 2. The van der Waals surface area contributed by atoms with E-state index in [1.165, 1.54) is 29.7 Å². The Morgan fingerprint density at radius 2 is 2.27 bits per heavy atom. The molecule has 0 aliphatic carbocycles. The van der Waals surface area contributed by atoms with Gasteiger partial charge in [-0.3, -0.25) is 0 Å². The van der Waals surface area contributed by atoms with Gasteiger partial charge in [-0.05, 0) is 44.0 Å². The van der Waals surface area contributed by atoms with E-state index in [0.717, 1.165) is 6.54 Å². The summed E-state index contributed by atoms with van der Waals surface area (Å²) in [4.78, 5) is 2.42. The number of aryl methyl sites for hydroxylation is 2. The first-order valence-corrected chi connectivity index (χ1v) is 5.69. The Hall–Kier alpha value is -1.02. The lowest BCUT2D eigenvalue weighted by molar-refractivity contribution is 0.530. The second kappa shape index (κ2) is 4.23. The number of hydrogen-bond donors (Lipinski definition) is 1. The summed E-state index contributed by atoms with van der Waals surface area (Å²) in [5, 5.41) is 3.27. The van der Waals surface area contributed by atoms with Gasteiger partial charge in [-0.25, -0.2) is 0 Å². The molecule has 0 saturated carbocycles. The van der Waals surface area contributed by atoms with Gasteiger partial charge in [0, 0.05) is 25.3 Å². The van der Waals surface area contributed by atoms with Crippen LogP contribution in [-0.4, -0.2) is 26.7 Å². The van der Waals surface area contributed by atoms with Gasteiger partial charge >= 0.3 is 0 Å². The lowest BCUT2D eigenvalue weighted by atomic mass is 9.95. The van der Waals surface area contributed by atoms with Crippen LogP contribution in [0.3, 0.4) is 0 Å². The number of likely N-dealkylation sites (N-methyl/N-ethyl adjacent to an activating group) is 2. The molecule has 1 aliphatic rings. The fraction of sp³-hybridized carbons (Fsp3) is 0.538. The molecule has 1 unspecified atom stereocenters. The summed E-state index contributed by atoms with van der Waals surface area (Å²) >= 11 is 0. The van der Waals surface area contributed by atoms with E-state index in [-0.39, 0.29) is 0 Å². The lowest BCUT2D eigenvalue weighted by Gasteiger charge is -2.36. The Balaban J connectivity index is 2.28. The molecule has 2 rings (SSSR count). The smallest absolute Gasteiger partial charge is 0.0414 e. The van der Waals surface area contributed by atoms with Crippen molar-refractivity contribution in [1.82, 2.24) is 5.32 Å². The van der Waals surface area contributed by atoms with E-state index in [4.69, 9.17) is 0 Å². The number of fused-ring (bicyclic) bond motifs is 1. The van der Waals surface area contributed by atoms with Gasteiger partial charge in [0.2, 0.25) is 0 Å². The molecule has 0 fully saturated rings. The third kappa shape index (κ3) is 2.00. The largest absolute Gasteiger partial charge is 0.370 e. The van der Waals surface area contributed by atoms with E-state index in [1.54, 1.807) is 0 Å². The Bertz CT molecular complexity index is 346. The van der Waals surface area contributed by atoms with E-state index in [9.17, 15) is 0 Å². The van der Waals surface area contributed by atoms with Crippen molar-refractivity contribution >= 4 is 5.69 Å². The van der Waals surface area contributed by atoms with Crippen LogP contribution in [0.15, 0.2) is 18.2 Å². The molecule has 1 heterocycles. The minimum Gasteiger partial charge on any atom is -0.370 e. The highest BCUT2D eigenvalue weighted by atomic mass is 15.2. The van der Waals surface area contributed by atoms with Crippen molar-refractivity contribution in [3.63, 3.8) is 0 Å². The third-order valence-corrected chi connectivity index (χ3v) is 3.36. The average Bonchev–Trinajstić information content (AvgIpc) is 2.23. The highest BCUT2D eigenvalue weighted by Crippen LogP contribution is 2.29. The van der Waals surface area contributed by atoms with Crippen LogP contribution in [0.25, 0.3) is 0 Å². The van der Waals surface area contributed by atoms with Gasteiger partial charge in [-0.1, -0.05) is 12.1 Å². The highest BCUT2D eigenvalue weighted by Gasteiger charge is 2.22. The summed E-state index contributed by atoms with van der Waals surface area (Å²) in [5.74, 6) is 0. The SMILES string of the molecule is CNCC1CCc2ccc(C)cc2N1C. The lowest BCUT2D eigenvalue weighted by Crippen LogP contribution is -2.42. The summed E-state index contributed by atoms with van der Waals surface area (Å²) < 4.78 is 0. The first-order valence-electron chi connectivity index (χ1n) is 5.69. The highest BCUT2D eigenvalue weighted by molar-refractivity contribution is 5.57. The fourth-order valence-electron chi connectivity index (χ4n) is 2.40. The van der Waals surface area contributed by atoms with Crippen LogP contribution in [-0.2, 0) is 6.42 Å². The summed E-state index contributed by atoms with van der Waals surface area (Å²) in [6.45, 7) is 3.24. The Labute approximate surface area is 92.3 Å². The van der Waals surface area contributed by atoms with Crippen LogP contribution in [0.1, 0.15) is 17.5 Å². The van der Waals surface area contributed by atoms with Crippen LogP contribution in [0.2, 0.25) is 0 Å². The molecule has 82 valence electrons. The first kappa shape index (κ1) is 10.5. The molecule has 2 nitrogen and oxygen atoms in total. The minimum atomic E-state index is 0.643. The summed E-state index contributed by atoms with van der Waals surface area (Å²) in [7, 11) is 4.24. The molecule has 0 amide bonds. The number of rotatable bonds is 2. The molecule has 1 aromatic carbocycles. The maximum Gasteiger partial charge on any atom is 0.0414 e. The molecular formula is C13H20N2. The standard InChI is InChI=1S/C13H20N2/c1-10-4-5-11-6-7-12(9-14-2)15(3)13(11)8-10/h4-5,8,12,14H,6-7,9H2,1-3H3. The van der Waals surface area contributed by atoms with Crippen molar-refractivity contribution in [2.45, 2.75) is 25.8 Å². The zero-order valence-corrected chi connectivity index (χ0v) is 9.88. The summed E-state index contributed by atoms with van der Waals surface area (Å²) in [5.41, 5.74) is 4.27. The van der Waals surface area contributed by atoms with Gasteiger partial charge in [-0.15, -0.1) is 0 Å². The van der Waals surface area contributed by atoms with Gasteiger partial charge < -0.3 is 10.2 Å². The molecular weight excluding hydrogens is 184 g/mol. The fourth-order valence-corrected chi connectivity index (χ4v) is 2.40. The molecule has 0 bridgehead atoms. The second-order valence-electron chi connectivity index (χ2n) is 4.49. The molecule has 1 N–H and O–H groups in total. The zero-order chi connectivity index (χ0) is 10.8. The van der Waals surface area contributed by atoms with E-state index < -0.39 is 0 Å². The first-order chi connectivity index (χ1) is 7.22. The van der Waals surface area contributed by atoms with Crippen LogP contribution in [0.4, 0.5) is 5.69 Å². The average molecular weight is 204 g/mol. The van der Waals surface area contributed by atoms with E-state index in [1.807, 2.05) is 7.05 Å². The van der Waals surface area contributed by atoms with Crippen molar-refractivity contribution in [2.24, 2.45) is 0 Å². The number of nitrogens with zero attached hydrogens (tertiary/aromatic N) is 1. The number of benzene rings is 1. The van der Waals surface area contributed by atoms with Gasteiger partial charge in [0.25, 0.3) is 0 Å². The predicted octanol–water partition coefficient (Wildman–Crippen LogP) is 1.97. The molecule has 1 atom stereocenters. The van der Waals surface area contributed by atoms with E-state index >= 15 is 0 Å². The minimum absolute atomic E-state index is 0.643. The van der Waals surface area contributed by atoms with Crippen molar-refractivity contribution in [1.29, 1.82) is 0 Å². The van der Waals surface area contributed by atoms with Crippen LogP contribution < -0.4 is 10.2 Å². The van der Waals surface area contributed by atoms with Gasteiger partial charge in [0.15, 0.2) is 0 Å². The van der Waals surface area contributed by atoms with Crippen molar-refractivity contribution < 1.29 is 0 Å². The normalized spacial score (nSPS) is 20.2. The third-order valence-electron chi connectivity index (χ3n) is 3.36. The Morgan fingerprint density at radius 1 is 1.47 bits per heavy atom. The van der Waals surface area contributed by atoms with Crippen molar-refractivity contribution in [3.05, 3.63) is 29.3 Å². The molecule has 0 spiro atoms. The molecule has 1 aromatic rings. The van der Waals surface area contributed by atoms with E-state index in [2.05, 4.69) is 42.4 Å². The maximum absolute atomic E-state index is 3.27. The van der Waals surface area contributed by atoms with Crippen molar-refractivity contribution in [2.75, 3.05) is 25.5 Å². The quantitative estimate of drug-likeness (QED) is 0.792. The predicted molar refractivity (Wildman–Crippen MR) is 65.6 cm³/mol. The molecule has 0 aromatic heterocycles. The van der Waals surface area contributed by atoms with Crippen molar-refractivity contribution in [3.8, 4) is 0 Å². The molecule has 1 aliphatic heterocycles. The number of nitrogens with one attached hydrogen (secondary N) is 1.